The number of rotatable bonds is 3. The van der Waals surface area contributed by atoms with Gasteiger partial charge in [-0.15, -0.1) is 0 Å². The second-order valence-corrected chi connectivity index (χ2v) is 5.03. The number of aryl methyl sites for hydroxylation is 1. The monoisotopic (exact) mass is 342 g/mol. The minimum absolute atomic E-state index is 0.101. The van der Waals surface area contributed by atoms with E-state index in [9.17, 15) is 10.1 Å². The Morgan fingerprint density at radius 3 is 2.79 bits per heavy atom. The van der Waals surface area contributed by atoms with E-state index in [0.29, 0.717) is 0 Å². The van der Waals surface area contributed by atoms with Crippen LogP contribution in [0.25, 0.3) is 0 Å². The number of hydrogen-bond donors (Lipinski definition) is 0. The first kappa shape index (κ1) is 13.8. The van der Waals surface area contributed by atoms with Crippen molar-refractivity contribution in [1.29, 1.82) is 0 Å². The van der Waals surface area contributed by atoms with Crippen LogP contribution in [-0.4, -0.2) is 9.91 Å². The molecule has 2 rings (SSSR count). The molecule has 0 radical (unpaired) electrons. The maximum Gasteiger partial charge on any atom is 0.313 e. The summed E-state index contributed by atoms with van der Waals surface area (Å²) in [6.45, 7) is 1.87. The number of nitrogens with zero attached hydrogens (tertiary/aromatic N) is 2. The van der Waals surface area contributed by atoms with Crippen LogP contribution < -0.4 is 4.74 Å². The van der Waals surface area contributed by atoms with Gasteiger partial charge in [-0.3, -0.25) is 10.1 Å². The van der Waals surface area contributed by atoms with Crippen LogP contribution in [0.4, 0.5) is 5.69 Å². The number of ether oxygens (including phenoxy) is 1. The first-order valence-corrected chi connectivity index (χ1v) is 6.38. The van der Waals surface area contributed by atoms with Crippen molar-refractivity contribution in [3.05, 3.63) is 55.6 Å². The smallest absolute Gasteiger partial charge is 0.313 e. The Kier molecular flexibility index (Phi) is 4.01. The standard InChI is InChI=1S/C12H8BrClN2O3/c1-7-4-12(15-6-9(7)13)19-11-3-2-8(14)5-10(11)16(17)18/h2-6H,1H3. The van der Waals surface area contributed by atoms with E-state index in [1.807, 2.05) is 6.92 Å². The average Bonchev–Trinajstić information content (AvgIpc) is 2.36. The Bertz CT molecular complexity index is 649. The summed E-state index contributed by atoms with van der Waals surface area (Å²) in [5, 5.41) is 11.2. The number of halogens is 2. The predicted octanol–water partition coefficient (Wildman–Crippen LogP) is 4.51. The maximum atomic E-state index is 10.9. The van der Waals surface area contributed by atoms with Crippen LogP contribution in [0.1, 0.15) is 5.56 Å². The average molecular weight is 344 g/mol. The number of pyridine rings is 1. The van der Waals surface area contributed by atoms with Crippen molar-refractivity contribution >= 4 is 33.2 Å². The largest absolute Gasteiger partial charge is 0.432 e. The number of nitro benzene ring substituents is 1. The molecule has 0 bridgehead atoms. The molecule has 0 saturated heterocycles. The van der Waals surface area contributed by atoms with Crippen LogP contribution in [0.15, 0.2) is 34.9 Å². The third kappa shape index (κ3) is 3.21. The molecule has 0 saturated carbocycles. The van der Waals surface area contributed by atoms with Gasteiger partial charge in [-0.2, -0.15) is 0 Å². The van der Waals surface area contributed by atoms with E-state index < -0.39 is 4.92 Å². The van der Waals surface area contributed by atoms with Crippen molar-refractivity contribution in [2.24, 2.45) is 0 Å². The molecule has 0 atom stereocenters. The number of aromatic nitrogens is 1. The van der Waals surface area contributed by atoms with Gasteiger partial charge >= 0.3 is 5.69 Å². The minimum atomic E-state index is -0.549. The molecule has 0 N–H and O–H groups in total. The summed E-state index contributed by atoms with van der Waals surface area (Å²) in [6.07, 6.45) is 1.58. The Morgan fingerprint density at radius 2 is 2.16 bits per heavy atom. The molecule has 0 fully saturated rings. The third-order valence-corrected chi connectivity index (χ3v) is 3.42. The minimum Gasteiger partial charge on any atom is -0.432 e. The summed E-state index contributed by atoms with van der Waals surface area (Å²) in [6, 6.07) is 5.89. The van der Waals surface area contributed by atoms with Gasteiger partial charge in [0.15, 0.2) is 0 Å². The summed E-state index contributed by atoms with van der Waals surface area (Å²) >= 11 is 9.05. The zero-order valence-electron chi connectivity index (χ0n) is 9.76. The number of hydrogen-bond acceptors (Lipinski definition) is 4. The van der Waals surface area contributed by atoms with Crippen molar-refractivity contribution in [2.45, 2.75) is 6.92 Å². The van der Waals surface area contributed by atoms with Gasteiger partial charge < -0.3 is 4.74 Å². The fourth-order valence-corrected chi connectivity index (χ4v) is 1.78. The zero-order valence-corrected chi connectivity index (χ0v) is 12.1. The van der Waals surface area contributed by atoms with Crippen LogP contribution >= 0.6 is 27.5 Å². The molecule has 0 unspecified atom stereocenters. The van der Waals surface area contributed by atoms with Gasteiger partial charge in [0, 0.05) is 27.8 Å². The highest BCUT2D eigenvalue weighted by Gasteiger charge is 2.17. The van der Waals surface area contributed by atoms with Crippen LogP contribution in [0.5, 0.6) is 11.6 Å². The van der Waals surface area contributed by atoms with E-state index in [0.717, 1.165) is 10.0 Å². The van der Waals surface area contributed by atoms with Gasteiger partial charge in [0.05, 0.1) is 4.92 Å². The molecule has 0 aliphatic rings. The second kappa shape index (κ2) is 5.54. The van der Waals surface area contributed by atoms with Crippen molar-refractivity contribution in [1.82, 2.24) is 4.98 Å². The molecule has 98 valence electrons. The Hall–Kier alpha value is -1.66. The second-order valence-electron chi connectivity index (χ2n) is 3.74. The molecule has 5 nitrogen and oxygen atoms in total. The summed E-state index contributed by atoms with van der Waals surface area (Å²) in [4.78, 5) is 14.4. The Labute approximate surface area is 122 Å². The molecule has 0 amide bonds. The number of benzene rings is 1. The molecular weight excluding hydrogens is 335 g/mol. The molecule has 0 aliphatic carbocycles. The molecule has 1 aromatic heterocycles. The molecule has 7 heteroatoms. The van der Waals surface area contributed by atoms with Crippen molar-refractivity contribution in [2.75, 3.05) is 0 Å². The Balaban J connectivity index is 2.37. The molecule has 1 aromatic carbocycles. The normalized spacial score (nSPS) is 10.3. The summed E-state index contributed by atoms with van der Waals surface area (Å²) < 4.78 is 6.27. The van der Waals surface area contributed by atoms with E-state index in [1.165, 1.54) is 18.2 Å². The highest BCUT2D eigenvalue weighted by atomic mass is 79.9. The summed E-state index contributed by atoms with van der Waals surface area (Å²) in [7, 11) is 0. The highest BCUT2D eigenvalue weighted by molar-refractivity contribution is 9.10. The van der Waals surface area contributed by atoms with Crippen molar-refractivity contribution < 1.29 is 9.66 Å². The van der Waals surface area contributed by atoms with Gasteiger partial charge in [0.2, 0.25) is 11.6 Å². The predicted molar refractivity (Wildman–Crippen MR) is 74.9 cm³/mol. The third-order valence-electron chi connectivity index (χ3n) is 2.35. The lowest BCUT2D eigenvalue weighted by molar-refractivity contribution is -0.385. The summed E-state index contributed by atoms with van der Waals surface area (Å²) in [5.41, 5.74) is 0.719. The van der Waals surface area contributed by atoms with Gasteiger partial charge in [0.1, 0.15) is 0 Å². The zero-order chi connectivity index (χ0) is 14.0. The molecule has 19 heavy (non-hydrogen) atoms. The van der Waals surface area contributed by atoms with E-state index >= 15 is 0 Å². The van der Waals surface area contributed by atoms with E-state index in [1.54, 1.807) is 12.3 Å². The van der Waals surface area contributed by atoms with Crippen LogP contribution in [0.2, 0.25) is 5.02 Å². The summed E-state index contributed by atoms with van der Waals surface area (Å²) in [5.74, 6) is 0.384. The first-order chi connectivity index (χ1) is 8.97. The van der Waals surface area contributed by atoms with E-state index in [2.05, 4.69) is 20.9 Å². The van der Waals surface area contributed by atoms with Gasteiger partial charge in [-0.05, 0) is 40.5 Å². The van der Waals surface area contributed by atoms with Crippen LogP contribution in [-0.2, 0) is 0 Å². The molecular formula is C12H8BrClN2O3. The lowest BCUT2D eigenvalue weighted by Gasteiger charge is -2.07. The topological polar surface area (TPSA) is 65.3 Å². The quantitative estimate of drug-likeness (QED) is 0.607. The fraction of sp³-hybridized carbons (Fsp3) is 0.0833. The molecule has 1 heterocycles. The Morgan fingerprint density at radius 1 is 1.42 bits per heavy atom. The molecule has 0 aliphatic heterocycles. The van der Waals surface area contributed by atoms with Gasteiger partial charge in [-0.1, -0.05) is 11.6 Å². The number of nitro groups is 1. The molecule has 2 aromatic rings. The van der Waals surface area contributed by atoms with Crippen LogP contribution in [0, 0.1) is 17.0 Å². The SMILES string of the molecule is Cc1cc(Oc2ccc(Cl)cc2[N+](=O)[O-])ncc1Br. The van der Waals surface area contributed by atoms with Crippen molar-refractivity contribution in [3.63, 3.8) is 0 Å². The lowest BCUT2D eigenvalue weighted by atomic mass is 10.3. The fourth-order valence-electron chi connectivity index (χ4n) is 1.40. The van der Waals surface area contributed by atoms with Crippen molar-refractivity contribution in [3.8, 4) is 11.6 Å². The first-order valence-electron chi connectivity index (χ1n) is 5.21. The van der Waals surface area contributed by atoms with Crippen LogP contribution in [0.3, 0.4) is 0 Å². The lowest BCUT2D eigenvalue weighted by Crippen LogP contribution is -1.95. The van der Waals surface area contributed by atoms with Gasteiger partial charge in [0.25, 0.3) is 0 Å². The molecule has 0 spiro atoms. The van der Waals surface area contributed by atoms with Gasteiger partial charge in [-0.25, -0.2) is 4.98 Å². The van der Waals surface area contributed by atoms with E-state index in [-0.39, 0.29) is 22.3 Å². The maximum absolute atomic E-state index is 10.9. The van der Waals surface area contributed by atoms with E-state index in [4.69, 9.17) is 16.3 Å². The highest BCUT2D eigenvalue weighted by Crippen LogP contribution is 2.33.